The van der Waals surface area contributed by atoms with Gasteiger partial charge in [0.1, 0.15) is 5.75 Å². The van der Waals surface area contributed by atoms with Gasteiger partial charge in [0, 0.05) is 12.1 Å². The Hall–Kier alpha value is -1.88. The van der Waals surface area contributed by atoms with Crippen molar-refractivity contribution in [2.75, 3.05) is 7.11 Å². The van der Waals surface area contributed by atoms with Crippen LogP contribution in [0.3, 0.4) is 0 Å². The number of nitrogens with zero attached hydrogens (tertiary/aromatic N) is 2. The zero-order valence-corrected chi connectivity index (χ0v) is 11.6. The first-order chi connectivity index (χ1) is 9.69. The van der Waals surface area contributed by atoms with E-state index in [1.807, 2.05) is 12.1 Å². The molecule has 1 aromatic heterocycles. The number of rotatable bonds is 2. The first kappa shape index (κ1) is 13.1. The Bertz CT molecular complexity index is 672. The number of hydrogen-bond donors (Lipinski definition) is 1. The fourth-order valence-corrected chi connectivity index (χ4v) is 2.88. The molecule has 0 bridgehead atoms. The number of nitrogens with two attached hydrogens (primary N) is 1. The molecule has 3 rings (SSSR count). The smallest absolute Gasteiger partial charge is 0.261 e. The first-order valence-electron chi connectivity index (χ1n) is 6.99. The highest BCUT2D eigenvalue weighted by molar-refractivity contribution is 5.78. The first-order valence-corrected chi connectivity index (χ1v) is 6.99. The summed E-state index contributed by atoms with van der Waals surface area (Å²) in [6, 6.07) is 5.88. The highest BCUT2D eigenvalue weighted by atomic mass is 16.5. The molecule has 5 nitrogen and oxygen atoms in total. The standard InChI is InChI=1S/C15H19N3O2/c1-20-12-6-7-14-13(8-12)15(19)18(9-17-14)11-4-2-10(16)3-5-11/h6-11H,2-5,16H2,1H3. The predicted molar refractivity (Wildman–Crippen MR) is 78.0 cm³/mol. The van der Waals surface area contributed by atoms with Gasteiger partial charge in [-0.1, -0.05) is 0 Å². The number of methoxy groups -OCH3 is 1. The van der Waals surface area contributed by atoms with Crippen LogP contribution in [0.1, 0.15) is 31.7 Å². The largest absolute Gasteiger partial charge is 0.497 e. The number of benzene rings is 1. The van der Waals surface area contributed by atoms with Crippen molar-refractivity contribution in [3.8, 4) is 5.75 Å². The van der Waals surface area contributed by atoms with Crippen LogP contribution in [0.2, 0.25) is 0 Å². The minimum Gasteiger partial charge on any atom is -0.497 e. The van der Waals surface area contributed by atoms with Gasteiger partial charge in [-0.3, -0.25) is 9.36 Å². The Morgan fingerprint density at radius 1 is 1.30 bits per heavy atom. The van der Waals surface area contributed by atoms with E-state index >= 15 is 0 Å². The van der Waals surface area contributed by atoms with Crippen LogP contribution in [0, 0.1) is 0 Å². The van der Waals surface area contributed by atoms with Crippen molar-refractivity contribution < 1.29 is 4.74 Å². The van der Waals surface area contributed by atoms with Crippen molar-refractivity contribution in [3.05, 3.63) is 34.9 Å². The van der Waals surface area contributed by atoms with Crippen LogP contribution in [-0.4, -0.2) is 22.7 Å². The van der Waals surface area contributed by atoms with E-state index in [9.17, 15) is 4.79 Å². The van der Waals surface area contributed by atoms with Gasteiger partial charge in [-0.25, -0.2) is 4.98 Å². The fourth-order valence-electron chi connectivity index (χ4n) is 2.88. The third kappa shape index (κ3) is 2.29. The van der Waals surface area contributed by atoms with Crippen LogP contribution >= 0.6 is 0 Å². The van der Waals surface area contributed by atoms with E-state index in [1.54, 1.807) is 24.1 Å². The molecule has 2 N–H and O–H groups in total. The van der Waals surface area contributed by atoms with Crippen molar-refractivity contribution in [2.24, 2.45) is 5.73 Å². The van der Waals surface area contributed by atoms with Gasteiger partial charge in [-0.05, 0) is 43.9 Å². The number of aromatic nitrogens is 2. The van der Waals surface area contributed by atoms with E-state index in [0.29, 0.717) is 16.7 Å². The van der Waals surface area contributed by atoms with E-state index < -0.39 is 0 Å². The van der Waals surface area contributed by atoms with Crippen molar-refractivity contribution in [3.63, 3.8) is 0 Å². The lowest BCUT2D eigenvalue weighted by Gasteiger charge is -2.27. The van der Waals surface area contributed by atoms with Gasteiger partial charge in [0.15, 0.2) is 0 Å². The minimum atomic E-state index is 0.00868. The second-order valence-electron chi connectivity index (χ2n) is 5.41. The molecule has 1 aliphatic carbocycles. The summed E-state index contributed by atoms with van der Waals surface area (Å²) >= 11 is 0. The molecule has 5 heteroatoms. The molecule has 1 fully saturated rings. The predicted octanol–water partition coefficient (Wildman–Crippen LogP) is 1.85. The Balaban J connectivity index is 2.04. The maximum absolute atomic E-state index is 12.6. The van der Waals surface area contributed by atoms with E-state index in [4.69, 9.17) is 10.5 Å². The number of hydrogen-bond acceptors (Lipinski definition) is 4. The summed E-state index contributed by atoms with van der Waals surface area (Å²) in [7, 11) is 1.60. The highest BCUT2D eigenvalue weighted by Gasteiger charge is 2.21. The van der Waals surface area contributed by atoms with Gasteiger partial charge in [0.05, 0.1) is 24.3 Å². The molecule has 0 unspecified atom stereocenters. The van der Waals surface area contributed by atoms with Crippen molar-refractivity contribution in [2.45, 2.75) is 37.8 Å². The average Bonchev–Trinajstić information content (AvgIpc) is 2.49. The van der Waals surface area contributed by atoms with Crippen LogP contribution in [0.25, 0.3) is 10.9 Å². The summed E-state index contributed by atoms with van der Waals surface area (Å²) in [5.74, 6) is 0.680. The molecule has 1 heterocycles. The third-order valence-electron chi connectivity index (χ3n) is 4.12. The van der Waals surface area contributed by atoms with Crippen LogP contribution < -0.4 is 16.0 Å². The zero-order valence-electron chi connectivity index (χ0n) is 11.6. The van der Waals surface area contributed by atoms with E-state index in [-0.39, 0.29) is 17.6 Å². The van der Waals surface area contributed by atoms with Gasteiger partial charge < -0.3 is 10.5 Å². The highest BCUT2D eigenvalue weighted by Crippen LogP contribution is 2.27. The molecule has 0 radical (unpaired) electrons. The van der Waals surface area contributed by atoms with Gasteiger partial charge >= 0.3 is 0 Å². The lowest BCUT2D eigenvalue weighted by atomic mass is 9.91. The average molecular weight is 273 g/mol. The molecule has 2 aromatic rings. The summed E-state index contributed by atoms with van der Waals surface area (Å²) in [5, 5.41) is 0.613. The molecule has 1 aromatic carbocycles. The van der Waals surface area contributed by atoms with Crippen LogP contribution in [0.5, 0.6) is 5.75 Å². The molecule has 0 amide bonds. The normalized spacial score (nSPS) is 22.9. The monoisotopic (exact) mass is 273 g/mol. The fraction of sp³-hybridized carbons (Fsp3) is 0.467. The molecule has 0 saturated heterocycles. The number of ether oxygens (including phenoxy) is 1. The SMILES string of the molecule is COc1ccc2ncn(C3CCC(N)CC3)c(=O)c2c1. The molecular weight excluding hydrogens is 254 g/mol. The van der Waals surface area contributed by atoms with E-state index in [1.165, 1.54) is 0 Å². The Morgan fingerprint density at radius 3 is 2.75 bits per heavy atom. The number of fused-ring (bicyclic) bond motifs is 1. The molecule has 106 valence electrons. The summed E-state index contributed by atoms with van der Waals surface area (Å²) in [4.78, 5) is 17.0. The lowest BCUT2D eigenvalue weighted by molar-refractivity contribution is 0.317. The Kier molecular flexibility index (Phi) is 3.44. The van der Waals surface area contributed by atoms with Crippen molar-refractivity contribution in [1.82, 2.24) is 9.55 Å². The molecule has 0 spiro atoms. The summed E-state index contributed by atoms with van der Waals surface area (Å²) in [5.41, 5.74) is 6.64. The lowest BCUT2D eigenvalue weighted by Crippen LogP contribution is -2.32. The summed E-state index contributed by atoms with van der Waals surface area (Å²) in [6.45, 7) is 0. The second-order valence-corrected chi connectivity index (χ2v) is 5.41. The van der Waals surface area contributed by atoms with E-state index in [2.05, 4.69) is 4.98 Å². The van der Waals surface area contributed by atoms with Crippen molar-refractivity contribution in [1.29, 1.82) is 0 Å². The molecule has 0 atom stereocenters. The molecular formula is C15H19N3O2. The van der Waals surface area contributed by atoms with Gasteiger partial charge in [-0.15, -0.1) is 0 Å². The maximum Gasteiger partial charge on any atom is 0.261 e. The molecule has 1 aliphatic rings. The maximum atomic E-state index is 12.6. The molecule has 0 aliphatic heterocycles. The topological polar surface area (TPSA) is 70.1 Å². The van der Waals surface area contributed by atoms with Crippen molar-refractivity contribution >= 4 is 10.9 Å². The zero-order chi connectivity index (χ0) is 14.1. The molecule has 1 saturated carbocycles. The van der Waals surface area contributed by atoms with Gasteiger partial charge in [0.25, 0.3) is 5.56 Å². The van der Waals surface area contributed by atoms with Crippen LogP contribution in [0.4, 0.5) is 0 Å². The minimum absolute atomic E-state index is 0.00868. The quantitative estimate of drug-likeness (QED) is 0.906. The third-order valence-corrected chi connectivity index (χ3v) is 4.12. The van der Waals surface area contributed by atoms with Gasteiger partial charge in [0.2, 0.25) is 0 Å². The Morgan fingerprint density at radius 2 is 2.05 bits per heavy atom. The second kappa shape index (κ2) is 5.25. The molecule has 20 heavy (non-hydrogen) atoms. The van der Waals surface area contributed by atoms with Crippen LogP contribution in [0.15, 0.2) is 29.3 Å². The Labute approximate surface area is 117 Å². The van der Waals surface area contributed by atoms with E-state index in [0.717, 1.165) is 25.7 Å². The summed E-state index contributed by atoms with van der Waals surface area (Å²) in [6.07, 6.45) is 5.48. The van der Waals surface area contributed by atoms with Gasteiger partial charge in [-0.2, -0.15) is 0 Å². The summed E-state index contributed by atoms with van der Waals surface area (Å²) < 4.78 is 6.94. The van der Waals surface area contributed by atoms with Crippen LogP contribution in [-0.2, 0) is 0 Å².